The summed E-state index contributed by atoms with van der Waals surface area (Å²) in [6.45, 7) is 2.80. The van der Waals surface area contributed by atoms with Gasteiger partial charge in [0.25, 0.3) is 0 Å². The summed E-state index contributed by atoms with van der Waals surface area (Å²) in [5, 5.41) is 9.50. The molecule has 0 aliphatic heterocycles. The van der Waals surface area contributed by atoms with Crippen molar-refractivity contribution >= 4 is 0 Å². The lowest BCUT2D eigenvalue weighted by Gasteiger charge is -2.38. The first-order valence-electron chi connectivity index (χ1n) is 9.85. The third-order valence-electron chi connectivity index (χ3n) is 5.62. The van der Waals surface area contributed by atoms with E-state index in [4.69, 9.17) is 4.74 Å². The molecule has 1 aromatic carbocycles. The summed E-state index contributed by atoms with van der Waals surface area (Å²) in [6.07, 6.45) is 14.4. The Kier molecular flexibility index (Phi) is 8.16. The largest absolute Gasteiger partial charge is 0.492 e. The monoisotopic (exact) mass is 327 g/mol. The van der Waals surface area contributed by atoms with Gasteiger partial charge in [0.2, 0.25) is 0 Å². The molecule has 0 heterocycles. The van der Waals surface area contributed by atoms with Crippen LogP contribution in [0.3, 0.4) is 0 Å². The van der Waals surface area contributed by atoms with E-state index in [1.54, 1.807) is 0 Å². The Morgan fingerprint density at radius 2 is 1.83 bits per heavy atom. The predicted octanol–water partition coefficient (Wildman–Crippen LogP) is 6.52. The number of nitrogens with zero attached hydrogens (tertiary/aromatic N) is 1. The van der Waals surface area contributed by atoms with Crippen LogP contribution < -0.4 is 4.74 Å². The second kappa shape index (κ2) is 10.4. The summed E-state index contributed by atoms with van der Waals surface area (Å²) in [5.41, 5.74) is 0.509. The summed E-state index contributed by atoms with van der Waals surface area (Å²) in [4.78, 5) is 0. The molecular weight excluding hydrogens is 294 g/mol. The van der Waals surface area contributed by atoms with Gasteiger partial charge in [-0.15, -0.1) is 0 Å². The van der Waals surface area contributed by atoms with E-state index in [2.05, 4.69) is 13.0 Å². The van der Waals surface area contributed by atoms with E-state index in [0.717, 1.165) is 12.2 Å². The van der Waals surface area contributed by atoms with Crippen molar-refractivity contribution in [1.82, 2.24) is 0 Å². The maximum atomic E-state index is 9.50. The molecule has 2 rings (SSSR count). The smallest absolute Gasteiger partial charge is 0.119 e. The summed E-state index contributed by atoms with van der Waals surface area (Å²) in [6, 6.07) is 12.3. The molecule has 0 bridgehead atoms. The fourth-order valence-electron chi connectivity index (χ4n) is 4.06. The van der Waals surface area contributed by atoms with Gasteiger partial charge in [0.05, 0.1) is 12.0 Å². The van der Waals surface area contributed by atoms with Crippen LogP contribution in [0, 0.1) is 22.7 Å². The first-order valence-corrected chi connectivity index (χ1v) is 9.85. The summed E-state index contributed by atoms with van der Waals surface area (Å²) in [7, 11) is 0. The Hall–Kier alpha value is -1.49. The maximum Gasteiger partial charge on any atom is 0.119 e. The minimum atomic E-state index is 0.00943. The summed E-state index contributed by atoms with van der Waals surface area (Å²) < 4.78 is 5.81. The standard InChI is InChI=1S/C22H33NO/c1-2-3-8-14-22(15-9-5-10-16-22)17-13-20(18-23)19-24-21-11-6-4-7-12-21/h4,6-7,11-12,20H,2-3,5,8-10,13-17,19H2,1H3. The van der Waals surface area contributed by atoms with E-state index in [0.29, 0.717) is 12.0 Å². The highest BCUT2D eigenvalue weighted by Gasteiger charge is 2.31. The van der Waals surface area contributed by atoms with E-state index in [9.17, 15) is 5.26 Å². The van der Waals surface area contributed by atoms with Gasteiger partial charge in [0.1, 0.15) is 12.4 Å². The Morgan fingerprint density at radius 3 is 2.50 bits per heavy atom. The third kappa shape index (κ3) is 6.19. The maximum absolute atomic E-state index is 9.50. The van der Waals surface area contributed by atoms with Gasteiger partial charge in [-0.1, -0.05) is 63.6 Å². The highest BCUT2D eigenvalue weighted by Crippen LogP contribution is 2.45. The molecule has 0 N–H and O–H groups in total. The van der Waals surface area contributed by atoms with Gasteiger partial charge >= 0.3 is 0 Å². The molecule has 1 unspecified atom stereocenters. The van der Waals surface area contributed by atoms with E-state index in [1.807, 2.05) is 30.3 Å². The molecule has 0 aromatic heterocycles. The minimum Gasteiger partial charge on any atom is -0.492 e. The van der Waals surface area contributed by atoms with Crippen molar-refractivity contribution in [2.24, 2.45) is 11.3 Å². The first kappa shape index (κ1) is 18.8. The second-order valence-corrected chi connectivity index (χ2v) is 7.51. The Labute approximate surface area is 148 Å². The molecule has 0 radical (unpaired) electrons. The summed E-state index contributed by atoms with van der Waals surface area (Å²) >= 11 is 0. The van der Waals surface area contributed by atoms with Crippen molar-refractivity contribution < 1.29 is 4.74 Å². The van der Waals surface area contributed by atoms with Crippen LogP contribution in [0.1, 0.15) is 77.6 Å². The van der Waals surface area contributed by atoms with Gasteiger partial charge in [-0.05, 0) is 49.7 Å². The molecule has 0 amide bonds. The molecule has 2 nitrogen and oxygen atoms in total. The molecule has 0 spiro atoms. The average molecular weight is 328 g/mol. The molecule has 132 valence electrons. The average Bonchev–Trinajstić information content (AvgIpc) is 2.64. The third-order valence-corrected chi connectivity index (χ3v) is 5.62. The van der Waals surface area contributed by atoms with Crippen LogP contribution in [0.5, 0.6) is 5.75 Å². The molecule has 24 heavy (non-hydrogen) atoms. The number of benzene rings is 1. The van der Waals surface area contributed by atoms with Crippen molar-refractivity contribution in [3.8, 4) is 11.8 Å². The van der Waals surface area contributed by atoms with Crippen molar-refractivity contribution in [3.05, 3.63) is 30.3 Å². The molecule has 1 aromatic rings. The van der Waals surface area contributed by atoms with Crippen molar-refractivity contribution in [2.45, 2.75) is 77.6 Å². The molecular formula is C22H33NO. The number of nitriles is 1. The molecule has 1 aliphatic carbocycles. The summed E-state index contributed by atoms with van der Waals surface area (Å²) in [5.74, 6) is 0.878. The SMILES string of the molecule is CCCCCC1(CCC(C#N)COc2ccccc2)CCCCC1. The number of hydrogen-bond acceptors (Lipinski definition) is 2. The number of rotatable bonds is 10. The number of para-hydroxylation sites is 1. The number of unbranched alkanes of at least 4 members (excludes halogenated alkanes) is 2. The Bertz CT molecular complexity index is 484. The van der Waals surface area contributed by atoms with Crippen molar-refractivity contribution in [1.29, 1.82) is 5.26 Å². The molecule has 1 fully saturated rings. The van der Waals surface area contributed by atoms with Gasteiger partial charge < -0.3 is 4.74 Å². The Morgan fingerprint density at radius 1 is 1.08 bits per heavy atom. The van der Waals surface area contributed by atoms with E-state index >= 15 is 0 Å². The normalized spacial score (nSPS) is 17.8. The van der Waals surface area contributed by atoms with E-state index in [-0.39, 0.29) is 5.92 Å². The van der Waals surface area contributed by atoms with Gasteiger partial charge in [0.15, 0.2) is 0 Å². The van der Waals surface area contributed by atoms with Crippen molar-refractivity contribution in [2.75, 3.05) is 6.61 Å². The van der Waals surface area contributed by atoms with Gasteiger partial charge in [-0.3, -0.25) is 0 Å². The zero-order chi connectivity index (χ0) is 17.1. The number of hydrogen-bond donors (Lipinski definition) is 0. The van der Waals surface area contributed by atoms with Crippen LogP contribution in [0.2, 0.25) is 0 Å². The molecule has 1 atom stereocenters. The van der Waals surface area contributed by atoms with Gasteiger partial charge in [0, 0.05) is 0 Å². The fourth-order valence-corrected chi connectivity index (χ4v) is 4.06. The van der Waals surface area contributed by atoms with Gasteiger partial charge in [-0.25, -0.2) is 0 Å². The van der Waals surface area contributed by atoms with E-state index < -0.39 is 0 Å². The molecule has 2 heteroatoms. The Balaban J connectivity index is 1.82. The highest BCUT2D eigenvalue weighted by molar-refractivity contribution is 5.21. The highest BCUT2D eigenvalue weighted by atomic mass is 16.5. The molecule has 1 saturated carbocycles. The lowest BCUT2D eigenvalue weighted by molar-refractivity contribution is 0.137. The zero-order valence-electron chi connectivity index (χ0n) is 15.3. The lowest BCUT2D eigenvalue weighted by atomic mass is 9.67. The van der Waals surface area contributed by atoms with Crippen LogP contribution in [0.15, 0.2) is 30.3 Å². The second-order valence-electron chi connectivity index (χ2n) is 7.51. The van der Waals surface area contributed by atoms with Crippen molar-refractivity contribution in [3.63, 3.8) is 0 Å². The zero-order valence-corrected chi connectivity index (χ0v) is 15.3. The van der Waals surface area contributed by atoms with Crippen LogP contribution in [0.25, 0.3) is 0 Å². The fraction of sp³-hybridized carbons (Fsp3) is 0.682. The van der Waals surface area contributed by atoms with Gasteiger partial charge in [-0.2, -0.15) is 5.26 Å². The molecule has 1 aliphatic rings. The topological polar surface area (TPSA) is 33.0 Å². The molecule has 0 saturated heterocycles. The van der Waals surface area contributed by atoms with E-state index in [1.165, 1.54) is 64.2 Å². The van der Waals surface area contributed by atoms with Crippen LogP contribution in [-0.4, -0.2) is 6.61 Å². The quantitative estimate of drug-likeness (QED) is 0.458. The predicted molar refractivity (Wildman–Crippen MR) is 99.9 cm³/mol. The first-order chi connectivity index (χ1) is 11.8. The minimum absolute atomic E-state index is 0.00943. The number of ether oxygens (including phenoxy) is 1. The van der Waals surface area contributed by atoms with Crippen LogP contribution >= 0.6 is 0 Å². The van der Waals surface area contributed by atoms with Crippen LogP contribution in [-0.2, 0) is 0 Å². The lowest BCUT2D eigenvalue weighted by Crippen LogP contribution is -2.26. The van der Waals surface area contributed by atoms with Crippen LogP contribution in [0.4, 0.5) is 0 Å².